The molecule has 1 nitrogen and oxygen atoms in total. The second kappa shape index (κ2) is 11.2. The van der Waals surface area contributed by atoms with Gasteiger partial charge >= 0.3 is 0 Å². The first-order valence-corrected chi connectivity index (χ1v) is 19.5. The van der Waals surface area contributed by atoms with Crippen LogP contribution in [-0.4, -0.2) is 0 Å². The lowest BCUT2D eigenvalue weighted by molar-refractivity contribution is 0.673. The summed E-state index contributed by atoms with van der Waals surface area (Å²) < 4.78 is 6.88. The molecule has 1 heterocycles. The van der Waals surface area contributed by atoms with E-state index >= 15 is 0 Å². The SMILES string of the molecule is C1=C2c3ccccc3-c3cc(-c4c5ccccc5c(-c5ccc6c(c5)oc5c7ccccc7c7ccccc7c65)c5ccccc45)ccc3C2c2ccccc21. The number of hydrogen-bond acceptors (Lipinski definition) is 1. The maximum absolute atomic E-state index is 6.88. The Kier molecular flexibility index (Phi) is 6.01. The number of rotatable bonds is 2. The Morgan fingerprint density at radius 2 is 0.893 bits per heavy atom. The zero-order chi connectivity index (χ0) is 36.5. The summed E-state index contributed by atoms with van der Waals surface area (Å²) in [6.45, 7) is 0. The van der Waals surface area contributed by atoms with Crippen molar-refractivity contribution in [3.05, 3.63) is 204 Å². The van der Waals surface area contributed by atoms with Gasteiger partial charge in [0.05, 0.1) is 0 Å². The summed E-state index contributed by atoms with van der Waals surface area (Å²) in [6, 6.07) is 67.2. The van der Waals surface area contributed by atoms with Crippen LogP contribution in [0.25, 0.3) is 110 Å². The number of furan rings is 1. The minimum atomic E-state index is 0.241. The molecule has 13 rings (SSSR count). The minimum absolute atomic E-state index is 0.241. The van der Waals surface area contributed by atoms with E-state index in [-0.39, 0.29) is 5.92 Å². The first-order chi connectivity index (χ1) is 27.8. The van der Waals surface area contributed by atoms with Crippen molar-refractivity contribution >= 4 is 76.7 Å². The fourth-order valence-electron chi connectivity index (χ4n) is 10.4. The molecule has 56 heavy (non-hydrogen) atoms. The molecule has 10 aromatic carbocycles. The molecule has 0 radical (unpaired) electrons. The van der Waals surface area contributed by atoms with Crippen LogP contribution in [0, 0.1) is 0 Å². The van der Waals surface area contributed by atoms with Crippen LogP contribution < -0.4 is 0 Å². The number of allylic oxidation sites excluding steroid dienone is 1. The Balaban J connectivity index is 1.05. The molecule has 0 amide bonds. The van der Waals surface area contributed by atoms with E-state index in [2.05, 4.69) is 188 Å². The quantitative estimate of drug-likeness (QED) is 0.129. The highest BCUT2D eigenvalue weighted by molar-refractivity contribution is 6.30. The lowest BCUT2D eigenvalue weighted by Crippen LogP contribution is -2.09. The van der Waals surface area contributed by atoms with Gasteiger partial charge < -0.3 is 4.42 Å². The van der Waals surface area contributed by atoms with Crippen molar-refractivity contribution in [1.82, 2.24) is 0 Å². The van der Waals surface area contributed by atoms with Gasteiger partial charge in [0.15, 0.2) is 0 Å². The normalized spacial score (nSPS) is 14.4. The molecule has 0 saturated heterocycles. The van der Waals surface area contributed by atoms with Crippen molar-refractivity contribution in [2.24, 2.45) is 0 Å². The van der Waals surface area contributed by atoms with Crippen molar-refractivity contribution in [2.75, 3.05) is 0 Å². The average molecular weight is 709 g/mol. The Bertz CT molecular complexity index is 3480. The highest BCUT2D eigenvalue weighted by Gasteiger charge is 2.35. The Morgan fingerprint density at radius 3 is 1.61 bits per heavy atom. The van der Waals surface area contributed by atoms with Crippen molar-refractivity contribution in [1.29, 1.82) is 0 Å². The Hall–Kier alpha value is -7.22. The smallest absolute Gasteiger partial charge is 0.143 e. The number of fused-ring (bicyclic) bond motifs is 18. The molecule has 0 fully saturated rings. The molecule has 1 atom stereocenters. The van der Waals surface area contributed by atoms with Crippen LogP contribution in [0.15, 0.2) is 186 Å². The molecule has 11 aromatic rings. The number of hydrogen-bond donors (Lipinski definition) is 0. The highest BCUT2D eigenvalue weighted by atomic mass is 16.3. The standard InChI is InChI=1S/C55H32O/c1-2-14-35-32(13-1)29-49-39-18-4-3-17-38(39)48-30-33(25-27-45(48)53(35)49)51-41-20-8-10-22-43(41)52(44-23-11-9-21-42(44)51)34-26-28-47-50(31-34)56-55-46-24-12-6-16-37(46)36-15-5-7-19-40(36)54(47)55/h1-31,53H. The third-order valence-corrected chi connectivity index (χ3v) is 12.7. The van der Waals surface area contributed by atoms with Gasteiger partial charge in [-0.15, -0.1) is 0 Å². The first-order valence-electron chi connectivity index (χ1n) is 19.5. The zero-order valence-electron chi connectivity index (χ0n) is 30.4. The maximum Gasteiger partial charge on any atom is 0.143 e. The summed E-state index contributed by atoms with van der Waals surface area (Å²) in [7, 11) is 0. The molecule has 0 aliphatic heterocycles. The van der Waals surface area contributed by atoms with Crippen LogP contribution in [0.5, 0.6) is 0 Å². The van der Waals surface area contributed by atoms with Crippen molar-refractivity contribution in [3.63, 3.8) is 0 Å². The molecule has 1 heteroatoms. The summed E-state index contributed by atoms with van der Waals surface area (Å²) in [5.74, 6) is 0.241. The largest absolute Gasteiger partial charge is 0.455 e. The molecular formula is C55H32O. The third kappa shape index (κ3) is 3.99. The predicted octanol–water partition coefficient (Wildman–Crippen LogP) is 15.2. The van der Waals surface area contributed by atoms with E-state index in [0.717, 1.165) is 27.5 Å². The molecule has 258 valence electrons. The molecule has 0 bridgehead atoms. The summed E-state index contributed by atoms with van der Waals surface area (Å²) in [4.78, 5) is 0. The zero-order valence-corrected chi connectivity index (χ0v) is 30.4. The molecule has 1 aromatic heterocycles. The molecule has 0 N–H and O–H groups in total. The molecule has 2 aliphatic rings. The van der Waals surface area contributed by atoms with E-state index in [1.165, 1.54) is 98.7 Å². The van der Waals surface area contributed by atoms with Gasteiger partial charge in [-0.3, -0.25) is 0 Å². The van der Waals surface area contributed by atoms with Gasteiger partial charge in [0.25, 0.3) is 0 Å². The third-order valence-electron chi connectivity index (χ3n) is 12.7. The van der Waals surface area contributed by atoms with Crippen LogP contribution in [0.1, 0.15) is 28.2 Å². The molecule has 1 unspecified atom stereocenters. The highest BCUT2D eigenvalue weighted by Crippen LogP contribution is 2.55. The summed E-state index contributed by atoms with van der Waals surface area (Å²) >= 11 is 0. The lowest BCUT2D eigenvalue weighted by atomic mass is 9.74. The number of benzene rings is 10. The van der Waals surface area contributed by atoms with Gasteiger partial charge in [-0.05, 0) is 123 Å². The van der Waals surface area contributed by atoms with Gasteiger partial charge in [0, 0.05) is 22.1 Å². The van der Waals surface area contributed by atoms with Gasteiger partial charge in [-0.25, -0.2) is 0 Å². The van der Waals surface area contributed by atoms with Crippen molar-refractivity contribution < 1.29 is 4.42 Å². The first kappa shape index (κ1) is 30.1. The van der Waals surface area contributed by atoms with Crippen LogP contribution in [0.4, 0.5) is 0 Å². The molecule has 0 spiro atoms. The second-order valence-electron chi connectivity index (χ2n) is 15.5. The Morgan fingerprint density at radius 1 is 0.357 bits per heavy atom. The molecule has 2 aliphatic carbocycles. The van der Waals surface area contributed by atoms with Crippen LogP contribution in [-0.2, 0) is 0 Å². The summed E-state index contributed by atoms with van der Waals surface area (Å²) in [6.07, 6.45) is 2.41. The lowest BCUT2D eigenvalue weighted by Gasteiger charge is -2.29. The second-order valence-corrected chi connectivity index (χ2v) is 15.5. The summed E-state index contributed by atoms with van der Waals surface area (Å²) in [5, 5.41) is 12.2. The van der Waals surface area contributed by atoms with Crippen molar-refractivity contribution in [3.8, 4) is 33.4 Å². The minimum Gasteiger partial charge on any atom is -0.455 e. The van der Waals surface area contributed by atoms with E-state index in [0.29, 0.717) is 0 Å². The van der Waals surface area contributed by atoms with E-state index < -0.39 is 0 Å². The van der Waals surface area contributed by atoms with E-state index in [1.54, 1.807) is 0 Å². The van der Waals surface area contributed by atoms with Gasteiger partial charge in [-0.2, -0.15) is 0 Å². The van der Waals surface area contributed by atoms with Crippen LogP contribution in [0.2, 0.25) is 0 Å². The molecule has 0 saturated carbocycles. The van der Waals surface area contributed by atoms with E-state index in [1.807, 2.05) is 0 Å². The molecular weight excluding hydrogens is 677 g/mol. The monoisotopic (exact) mass is 708 g/mol. The summed E-state index contributed by atoms with van der Waals surface area (Å²) in [5.41, 5.74) is 16.3. The van der Waals surface area contributed by atoms with E-state index in [4.69, 9.17) is 4.42 Å². The van der Waals surface area contributed by atoms with E-state index in [9.17, 15) is 0 Å². The fourth-order valence-corrected chi connectivity index (χ4v) is 10.4. The Labute approximate surface area is 323 Å². The average Bonchev–Trinajstić information content (AvgIpc) is 3.85. The topological polar surface area (TPSA) is 13.1 Å². The fraction of sp³-hybridized carbons (Fsp3) is 0.0182. The predicted molar refractivity (Wildman–Crippen MR) is 236 cm³/mol. The van der Waals surface area contributed by atoms with Gasteiger partial charge in [0.1, 0.15) is 11.2 Å². The van der Waals surface area contributed by atoms with Crippen molar-refractivity contribution in [2.45, 2.75) is 5.92 Å². The van der Waals surface area contributed by atoms with Crippen LogP contribution >= 0.6 is 0 Å². The van der Waals surface area contributed by atoms with Gasteiger partial charge in [-0.1, -0.05) is 164 Å². The van der Waals surface area contributed by atoms with Gasteiger partial charge in [0.2, 0.25) is 0 Å². The van der Waals surface area contributed by atoms with Crippen LogP contribution in [0.3, 0.4) is 0 Å². The maximum atomic E-state index is 6.88.